The van der Waals surface area contributed by atoms with E-state index in [0.717, 1.165) is 5.56 Å². The number of ether oxygens (including phenoxy) is 1. The summed E-state index contributed by atoms with van der Waals surface area (Å²) in [6.45, 7) is 3.95. The molecule has 0 saturated carbocycles. The van der Waals surface area contributed by atoms with Crippen molar-refractivity contribution >= 4 is 27.7 Å². The van der Waals surface area contributed by atoms with Gasteiger partial charge in [0.1, 0.15) is 4.90 Å². The highest BCUT2D eigenvalue weighted by molar-refractivity contribution is 7.87. The molecule has 0 aliphatic carbocycles. The van der Waals surface area contributed by atoms with Crippen LogP contribution < -0.4 is 8.92 Å². The first kappa shape index (κ1) is 22.0. The van der Waals surface area contributed by atoms with Crippen molar-refractivity contribution in [3.63, 3.8) is 0 Å². The summed E-state index contributed by atoms with van der Waals surface area (Å²) in [6.07, 6.45) is 1.54. The summed E-state index contributed by atoms with van der Waals surface area (Å²) < 4.78 is 36.0. The lowest BCUT2D eigenvalue weighted by atomic mass is 10.2. The number of hydrogen-bond acceptors (Lipinski definition) is 7. The summed E-state index contributed by atoms with van der Waals surface area (Å²) >= 11 is 0. The van der Waals surface area contributed by atoms with Crippen LogP contribution in [0.4, 0.5) is 11.4 Å². The van der Waals surface area contributed by atoms with E-state index in [1.54, 1.807) is 37.4 Å². The van der Waals surface area contributed by atoms with E-state index in [0.29, 0.717) is 17.9 Å². The van der Waals surface area contributed by atoms with E-state index < -0.39 is 15.0 Å². The molecule has 0 fully saturated rings. The number of rotatable bonds is 8. The van der Waals surface area contributed by atoms with Gasteiger partial charge in [0.2, 0.25) is 0 Å². The highest BCUT2D eigenvalue weighted by atomic mass is 32.2. The lowest BCUT2D eigenvalue weighted by Gasteiger charge is -2.12. The van der Waals surface area contributed by atoms with E-state index in [4.69, 9.17) is 8.92 Å². The highest BCUT2D eigenvalue weighted by Gasteiger charge is 2.19. The van der Waals surface area contributed by atoms with E-state index >= 15 is 0 Å². The number of nitrogens with zero attached hydrogens (tertiary/aromatic N) is 2. The lowest BCUT2D eigenvalue weighted by molar-refractivity contribution is -0.384. The summed E-state index contributed by atoms with van der Waals surface area (Å²) in [4.78, 5) is 14.6. The summed E-state index contributed by atoms with van der Waals surface area (Å²) in [6, 6.07) is 16.9. The van der Waals surface area contributed by atoms with E-state index in [1.807, 2.05) is 6.92 Å². The molecule has 0 aliphatic heterocycles. The van der Waals surface area contributed by atoms with Crippen molar-refractivity contribution in [1.29, 1.82) is 0 Å². The maximum atomic E-state index is 12.6. The molecule has 0 atom stereocenters. The number of nitro benzene ring substituents is 1. The quantitative estimate of drug-likeness (QED) is 0.215. The molecule has 0 N–H and O–H groups in total. The number of hydrogen-bond donors (Lipinski definition) is 0. The molecule has 0 aromatic heterocycles. The van der Waals surface area contributed by atoms with Gasteiger partial charge >= 0.3 is 10.1 Å². The minimum Gasteiger partial charge on any atom is -0.490 e. The van der Waals surface area contributed by atoms with Gasteiger partial charge in [-0.05, 0) is 61.9 Å². The Balaban J connectivity index is 1.83. The minimum absolute atomic E-state index is 0.0196. The monoisotopic (exact) mass is 440 g/mol. The molecule has 0 bridgehead atoms. The number of aryl methyl sites for hydroxylation is 1. The maximum Gasteiger partial charge on any atom is 0.339 e. The van der Waals surface area contributed by atoms with Gasteiger partial charge in [0, 0.05) is 18.3 Å². The van der Waals surface area contributed by atoms with Crippen molar-refractivity contribution in [2.75, 3.05) is 6.61 Å². The molecule has 0 aliphatic rings. The van der Waals surface area contributed by atoms with Crippen LogP contribution >= 0.6 is 0 Å². The number of aliphatic imine (C=N–C) groups is 1. The summed E-state index contributed by atoms with van der Waals surface area (Å²) in [5.41, 5.74) is 2.09. The second-order valence-electron chi connectivity index (χ2n) is 6.52. The van der Waals surface area contributed by atoms with Gasteiger partial charge in [0.25, 0.3) is 5.69 Å². The first-order valence-corrected chi connectivity index (χ1v) is 10.8. The smallest absolute Gasteiger partial charge is 0.339 e. The molecule has 3 rings (SSSR count). The molecule has 0 saturated heterocycles. The Kier molecular flexibility index (Phi) is 6.66. The zero-order valence-electron chi connectivity index (χ0n) is 16.9. The predicted molar refractivity (Wildman–Crippen MR) is 117 cm³/mol. The Labute approximate surface area is 180 Å². The third-order valence-electron chi connectivity index (χ3n) is 4.20. The Morgan fingerprint density at radius 3 is 2.29 bits per heavy atom. The SMILES string of the molecule is CCOc1cc(C=Nc2ccc([N+](=O)[O-])cc2)ccc1OS(=O)(=O)c1ccc(C)cc1. The molecule has 0 unspecified atom stereocenters. The third kappa shape index (κ3) is 5.67. The third-order valence-corrected chi connectivity index (χ3v) is 5.45. The maximum absolute atomic E-state index is 12.6. The molecular formula is C22H20N2O6S. The normalized spacial score (nSPS) is 11.4. The molecule has 0 radical (unpaired) electrons. The van der Waals surface area contributed by atoms with Crippen molar-refractivity contribution in [2.45, 2.75) is 18.7 Å². The number of non-ortho nitro benzene ring substituents is 1. The van der Waals surface area contributed by atoms with Gasteiger partial charge in [-0.25, -0.2) is 0 Å². The van der Waals surface area contributed by atoms with Gasteiger partial charge in [-0.2, -0.15) is 8.42 Å². The standard InChI is InChI=1S/C22H20N2O6S/c1-3-29-22-14-17(15-23-18-7-9-19(10-8-18)24(25)26)6-13-21(22)30-31(27,28)20-11-4-16(2)5-12-20/h4-15H,3H2,1-2H3. The highest BCUT2D eigenvalue weighted by Crippen LogP contribution is 2.31. The summed E-state index contributed by atoms with van der Waals surface area (Å²) in [5.74, 6) is 0.320. The number of benzene rings is 3. The van der Waals surface area contributed by atoms with Crippen LogP contribution in [0.15, 0.2) is 76.6 Å². The van der Waals surface area contributed by atoms with Crippen LogP contribution in [-0.2, 0) is 10.1 Å². The predicted octanol–water partition coefficient (Wildman–Crippen LogP) is 4.82. The average molecular weight is 440 g/mol. The van der Waals surface area contributed by atoms with E-state index in [1.165, 1.54) is 42.5 Å². The van der Waals surface area contributed by atoms with E-state index in [-0.39, 0.29) is 22.1 Å². The fraction of sp³-hybridized carbons (Fsp3) is 0.136. The fourth-order valence-electron chi connectivity index (χ4n) is 2.62. The Morgan fingerprint density at radius 2 is 1.68 bits per heavy atom. The van der Waals surface area contributed by atoms with Crippen LogP contribution in [-0.4, -0.2) is 26.2 Å². The zero-order valence-corrected chi connectivity index (χ0v) is 17.7. The Bertz CT molecular complexity index is 1200. The van der Waals surface area contributed by atoms with Crippen LogP contribution in [0.5, 0.6) is 11.5 Å². The molecule has 9 heteroatoms. The lowest BCUT2D eigenvalue weighted by Crippen LogP contribution is -2.11. The average Bonchev–Trinajstić information content (AvgIpc) is 2.74. The second-order valence-corrected chi connectivity index (χ2v) is 8.07. The van der Waals surface area contributed by atoms with Crippen LogP contribution in [0.3, 0.4) is 0 Å². The van der Waals surface area contributed by atoms with Gasteiger partial charge < -0.3 is 8.92 Å². The molecule has 160 valence electrons. The second kappa shape index (κ2) is 9.40. The molecule has 0 heterocycles. The zero-order chi connectivity index (χ0) is 22.4. The van der Waals surface area contributed by atoms with Crippen molar-refractivity contribution < 1.29 is 22.3 Å². The summed E-state index contributed by atoms with van der Waals surface area (Å²) in [7, 11) is -4.02. The fourth-order valence-corrected chi connectivity index (χ4v) is 3.56. The topological polar surface area (TPSA) is 108 Å². The van der Waals surface area contributed by atoms with Crippen LogP contribution in [0.25, 0.3) is 0 Å². The van der Waals surface area contributed by atoms with Gasteiger partial charge in [0.05, 0.1) is 17.2 Å². The van der Waals surface area contributed by atoms with Gasteiger partial charge in [0.15, 0.2) is 11.5 Å². The molecule has 0 amide bonds. The van der Waals surface area contributed by atoms with Crippen LogP contribution in [0.1, 0.15) is 18.1 Å². The van der Waals surface area contributed by atoms with Crippen molar-refractivity contribution in [3.8, 4) is 11.5 Å². The largest absolute Gasteiger partial charge is 0.490 e. The minimum atomic E-state index is -4.02. The van der Waals surface area contributed by atoms with Crippen molar-refractivity contribution in [1.82, 2.24) is 0 Å². The molecule has 8 nitrogen and oxygen atoms in total. The van der Waals surface area contributed by atoms with Gasteiger partial charge in [-0.1, -0.05) is 17.7 Å². The summed E-state index contributed by atoms with van der Waals surface area (Å²) in [5, 5.41) is 10.7. The Morgan fingerprint density at radius 1 is 1.00 bits per heavy atom. The van der Waals surface area contributed by atoms with Crippen molar-refractivity contribution in [3.05, 3.63) is 88.0 Å². The molecule has 0 spiro atoms. The molecule has 3 aromatic rings. The molecule has 3 aromatic carbocycles. The molecular weight excluding hydrogens is 420 g/mol. The molecule has 31 heavy (non-hydrogen) atoms. The first-order chi connectivity index (χ1) is 14.8. The van der Waals surface area contributed by atoms with E-state index in [9.17, 15) is 18.5 Å². The van der Waals surface area contributed by atoms with Gasteiger partial charge in [-0.3, -0.25) is 15.1 Å². The Hall–Kier alpha value is -3.72. The van der Waals surface area contributed by atoms with Crippen LogP contribution in [0.2, 0.25) is 0 Å². The van der Waals surface area contributed by atoms with Gasteiger partial charge in [-0.15, -0.1) is 0 Å². The number of nitro groups is 1. The van der Waals surface area contributed by atoms with E-state index in [2.05, 4.69) is 4.99 Å². The first-order valence-electron chi connectivity index (χ1n) is 9.35. The van der Waals surface area contributed by atoms with Crippen LogP contribution in [0, 0.1) is 17.0 Å². The van der Waals surface area contributed by atoms with Crippen molar-refractivity contribution in [2.24, 2.45) is 4.99 Å².